The molecule has 1 aromatic carbocycles. The minimum absolute atomic E-state index is 0.275. The van der Waals surface area contributed by atoms with Crippen molar-refractivity contribution < 1.29 is 0 Å². The normalized spacial score (nSPS) is 11.4. The molecule has 6 heteroatoms. The predicted octanol–water partition coefficient (Wildman–Crippen LogP) is 2.30. The van der Waals surface area contributed by atoms with E-state index in [-0.39, 0.29) is 5.82 Å². The quantitative estimate of drug-likeness (QED) is 0.817. The molecule has 1 aromatic heterocycles. The molecule has 0 fully saturated rings. The first-order chi connectivity index (χ1) is 9.22. The summed E-state index contributed by atoms with van der Waals surface area (Å²) in [4.78, 5) is 0. The van der Waals surface area contributed by atoms with Gasteiger partial charge in [0.1, 0.15) is 11.6 Å². The van der Waals surface area contributed by atoms with Crippen LogP contribution in [-0.4, -0.2) is 20.6 Å². The van der Waals surface area contributed by atoms with Crippen LogP contribution in [0.25, 0.3) is 5.57 Å². The van der Waals surface area contributed by atoms with Crippen LogP contribution in [0, 0.1) is 11.3 Å². The molecule has 0 unspecified atom stereocenters. The first kappa shape index (κ1) is 12.8. The van der Waals surface area contributed by atoms with Gasteiger partial charge in [-0.05, 0) is 22.8 Å². The average molecular weight is 254 g/mol. The van der Waals surface area contributed by atoms with Crippen LogP contribution in [0.15, 0.2) is 30.5 Å². The molecule has 2 aromatic rings. The predicted molar refractivity (Wildman–Crippen MR) is 71.9 cm³/mol. The number of nitriles is 1. The number of allylic oxidation sites excluding steroid dienone is 1. The van der Waals surface area contributed by atoms with Crippen LogP contribution in [-0.2, 0) is 0 Å². The number of H-pyrrole nitrogens is 1. The van der Waals surface area contributed by atoms with Crippen LogP contribution in [0.3, 0.4) is 0 Å². The summed E-state index contributed by atoms with van der Waals surface area (Å²) < 4.78 is 0. The standard InChI is InChI=1S/C13H14N6/c1-9(2)11-5-3-4-6-12(11)15-8-10(7-14)13-16-18-19-17-13/h3-6,8-9,15H,1-2H3,(H,16,17,18,19). The van der Waals surface area contributed by atoms with E-state index in [2.05, 4.69) is 45.9 Å². The number of para-hydroxylation sites is 1. The number of aromatic amines is 1. The maximum absolute atomic E-state index is 9.07. The molecule has 1 heterocycles. The molecule has 0 amide bonds. The molecule has 0 bridgehead atoms. The van der Waals surface area contributed by atoms with Crippen molar-refractivity contribution >= 4 is 11.3 Å². The van der Waals surface area contributed by atoms with E-state index in [4.69, 9.17) is 5.26 Å². The average Bonchev–Trinajstić information content (AvgIpc) is 2.94. The lowest BCUT2D eigenvalue weighted by molar-refractivity contribution is 0.869. The van der Waals surface area contributed by atoms with Gasteiger partial charge in [-0.25, -0.2) is 0 Å². The second-order valence-electron chi connectivity index (χ2n) is 4.29. The first-order valence-corrected chi connectivity index (χ1v) is 5.92. The fourth-order valence-corrected chi connectivity index (χ4v) is 1.70. The van der Waals surface area contributed by atoms with Crippen LogP contribution in [0.5, 0.6) is 0 Å². The Morgan fingerprint density at radius 2 is 2.21 bits per heavy atom. The van der Waals surface area contributed by atoms with Gasteiger partial charge < -0.3 is 5.32 Å². The molecular formula is C13H14N6. The molecule has 2 N–H and O–H groups in total. The summed E-state index contributed by atoms with van der Waals surface area (Å²) >= 11 is 0. The van der Waals surface area contributed by atoms with E-state index >= 15 is 0 Å². The van der Waals surface area contributed by atoms with Crippen LogP contribution in [0.2, 0.25) is 0 Å². The number of nitrogens with one attached hydrogen (secondary N) is 2. The highest BCUT2D eigenvalue weighted by Gasteiger charge is 2.07. The molecule has 0 aliphatic carbocycles. The van der Waals surface area contributed by atoms with Crippen molar-refractivity contribution in [1.82, 2.24) is 20.6 Å². The molecule has 0 radical (unpaired) electrons. The second kappa shape index (κ2) is 5.78. The van der Waals surface area contributed by atoms with Crippen molar-refractivity contribution in [3.63, 3.8) is 0 Å². The van der Waals surface area contributed by atoms with Gasteiger partial charge in [0.15, 0.2) is 0 Å². The largest absolute Gasteiger partial charge is 0.360 e. The topological polar surface area (TPSA) is 90.3 Å². The van der Waals surface area contributed by atoms with Gasteiger partial charge in [0.05, 0.1) is 0 Å². The highest BCUT2D eigenvalue weighted by atomic mass is 15.5. The molecule has 6 nitrogen and oxygen atoms in total. The summed E-state index contributed by atoms with van der Waals surface area (Å²) in [5, 5.41) is 25.5. The van der Waals surface area contributed by atoms with E-state index in [9.17, 15) is 0 Å². The number of benzene rings is 1. The van der Waals surface area contributed by atoms with Crippen LogP contribution < -0.4 is 5.32 Å². The van der Waals surface area contributed by atoms with Crippen molar-refractivity contribution in [2.24, 2.45) is 0 Å². The first-order valence-electron chi connectivity index (χ1n) is 5.92. The maximum Gasteiger partial charge on any atom is 0.216 e. The zero-order chi connectivity index (χ0) is 13.7. The lowest BCUT2D eigenvalue weighted by Gasteiger charge is -2.12. The number of rotatable bonds is 4. The smallest absolute Gasteiger partial charge is 0.216 e. The Labute approximate surface area is 111 Å². The molecule has 0 aliphatic heterocycles. The lowest BCUT2D eigenvalue weighted by atomic mass is 10.0. The Kier molecular flexibility index (Phi) is 3.88. The van der Waals surface area contributed by atoms with Crippen LogP contribution >= 0.6 is 0 Å². The van der Waals surface area contributed by atoms with Gasteiger partial charge in [-0.3, -0.25) is 0 Å². The van der Waals surface area contributed by atoms with Gasteiger partial charge in [-0.1, -0.05) is 32.0 Å². The van der Waals surface area contributed by atoms with Crippen molar-refractivity contribution in [3.05, 3.63) is 41.9 Å². The van der Waals surface area contributed by atoms with Gasteiger partial charge in [-0.15, -0.1) is 10.2 Å². The summed E-state index contributed by atoms with van der Waals surface area (Å²) in [7, 11) is 0. The molecule has 0 saturated carbocycles. The zero-order valence-corrected chi connectivity index (χ0v) is 10.8. The van der Waals surface area contributed by atoms with Crippen molar-refractivity contribution in [2.75, 3.05) is 5.32 Å². The van der Waals surface area contributed by atoms with Gasteiger partial charge in [0.2, 0.25) is 5.82 Å². The summed E-state index contributed by atoms with van der Waals surface area (Å²) in [6.45, 7) is 4.24. The van der Waals surface area contributed by atoms with Crippen LogP contribution in [0.4, 0.5) is 5.69 Å². The molecule has 0 aliphatic rings. The Hall–Kier alpha value is -2.68. The molecule has 19 heavy (non-hydrogen) atoms. The number of aromatic nitrogens is 4. The van der Waals surface area contributed by atoms with Crippen molar-refractivity contribution in [1.29, 1.82) is 5.26 Å². The minimum Gasteiger partial charge on any atom is -0.360 e. The van der Waals surface area contributed by atoms with E-state index < -0.39 is 0 Å². The Morgan fingerprint density at radius 1 is 1.42 bits per heavy atom. The van der Waals surface area contributed by atoms with Crippen molar-refractivity contribution in [3.8, 4) is 6.07 Å². The maximum atomic E-state index is 9.07. The van der Waals surface area contributed by atoms with E-state index in [0.29, 0.717) is 11.5 Å². The summed E-state index contributed by atoms with van der Waals surface area (Å²) in [6.07, 6.45) is 1.59. The molecule has 96 valence electrons. The Balaban J connectivity index is 2.25. The van der Waals surface area contributed by atoms with E-state index in [1.807, 2.05) is 24.3 Å². The zero-order valence-electron chi connectivity index (χ0n) is 10.8. The van der Waals surface area contributed by atoms with E-state index in [0.717, 1.165) is 5.69 Å². The van der Waals surface area contributed by atoms with E-state index in [1.165, 1.54) is 5.56 Å². The molecule has 0 saturated heterocycles. The molecule has 2 rings (SSSR count). The third-order valence-corrected chi connectivity index (χ3v) is 2.66. The van der Waals surface area contributed by atoms with E-state index in [1.54, 1.807) is 6.20 Å². The fourth-order valence-electron chi connectivity index (χ4n) is 1.70. The highest BCUT2D eigenvalue weighted by Crippen LogP contribution is 2.24. The number of hydrogen-bond acceptors (Lipinski definition) is 5. The second-order valence-corrected chi connectivity index (χ2v) is 4.29. The van der Waals surface area contributed by atoms with Gasteiger partial charge in [-0.2, -0.15) is 10.5 Å². The molecule has 0 spiro atoms. The summed E-state index contributed by atoms with van der Waals surface area (Å²) in [5.74, 6) is 0.671. The van der Waals surface area contributed by atoms with Gasteiger partial charge >= 0.3 is 0 Å². The third kappa shape index (κ3) is 2.96. The lowest BCUT2D eigenvalue weighted by Crippen LogP contribution is -1.98. The number of nitrogens with zero attached hydrogens (tertiary/aromatic N) is 4. The van der Waals surface area contributed by atoms with Crippen LogP contribution in [0.1, 0.15) is 31.2 Å². The summed E-state index contributed by atoms with van der Waals surface area (Å²) in [6, 6.07) is 10.0. The monoisotopic (exact) mass is 254 g/mol. The number of anilines is 1. The third-order valence-electron chi connectivity index (χ3n) is 2.66. The Morgan fingerprint density at radius 3 is 2.84 bits per heavy atom. The molecule has 0 atom stereocenters. The van der Waals surface area contributed by atoms with Gasteiger partial charge in [0, 0.05) is 11.9 Å². The Bertz CT molecular complexity index is 606. The molecular weight excluding hydrogens is 240 g/mol. The summed E-state index contributed by atoms with van der Waals surface area (Å²) in [5.41, 5.74) is 2.48. The highest BCUT2D eigenvalue weighted by molar-refractivity contribution is 5.74. The van der Waals surface area contributed by atoms with Gasteiger partial charge in [0.25, 0.3) is 0 Å². The van der Waals surface area contributed by atoms with Crippen molar-refractivity contribution in [2.45, 2.75) is 19.8 Å². The SMILES string of the molecule is CC(C)c1ccccc1NC=C(C#N)c1nn[nH]n1. The number of tetrazole rings is 1. The minimum atomic E-state index is 0.275. The fraction of sp³-hybridized carbons (Fsp3) is 0.231. The number of hydrogen-bond donors (Lipinski definition) is 2.